The minimum absolute atomic E-state index is 0.346. The second kappa shape index (κ2) is 7.63. The van der Waals surface area contributed by atoms with Crippen LogP contribution < -0.4 is 0 Å². The van der Waals surface area contributed by atoms with E-state index in [-0.39, 0.29) is 0 Å². The number of hydrogen-bond acceptors (Lipinski definition) is 6. The van der Waals surface area contributed by atoms with Crippen molar-refractivity contribution < 1.29 is 0 Å². The molecule has 0 bridgehead atoms. The maximum absolute atomic E-state index is 4.69. The number of hydrogen-bond donors (Lipinski definition) is 1. The number of benzene rings is 1. The van der Waals surface area contributed by atoms with E-state index in [0.29, 0.717) is 11.6 Å². The molecule has 0 atom stereocenters. The lowest BCUT2D eigenvalue weighted by atomic mass is 10.1. The summed E-state index contributed by atoms with van der Waals surface area (Å²) in [4.78, 5) is 29.6. The standard InChI is InChI=1S/C23H17N7/c1-15-6-7-17(26-9-15)12-28-23-29-21(16-10-24-14-25-11-16)8-22(30-23)19-13-27-20-5-3-2-4-18(19)20/h2-14,27H,1H3/b28-12+. The van der Waals surface area contributed by atoms with Gasteiger partial charge in [-0.05, 0) is 30.7 Å². The Morgan fingerprint density at radius 1 is 0.933 bits per heavy atom. The van der Waals surface area contributed by atoms with E-state index >= 15 is 0 Å². The Morgan fingerprint density at radius 2 is 1.77 bits per heavy atom. The molecule has 7 heteroatoms. The SMILES string of the molecule is Cc1ccc(/C=N/c2nc(-c3cncnc3)cc(-c3c[nH]c4ccccc34)n2)nc1. The Bertz CT molecular complexity index is 1340. The summed E-state index contributed by atoms with van der Waals surface area (Å²) < 4.78 is 0. The van der Waals surface area contributed by atoms with Gasteiger partial charge in [-0.2, -0.15) is 0 Å². The first kappa shape index (κ1) is 17.8. The summed E-state index contributed by atoms with van der Waals surface area (Å²) >= 11 is 0. The molecule has 0 aliphatic rings. The molecule has 4 aromatic heterocycles. The van der Waals surface area contributed by atoms with Crippen LogP contribution in [0, 0.1) is 6.92 Å². The maximum atomic E-state index is 4.69. The fraction of sp³-hybridized carbons (Fsp3) is 0.0435. The van der Waals surface area contributed by atoms with E-state index in [1.54, 1.807) is 24.8 Å². The maximum Gasteiger partial charge on any atom is 0.250 e. The lowest BCUT2D eigenvalue weighted by molar-refractivity contribution is 1.12. The Morgan fingerprint density at radius 3 is 2.60 bits per heavy atom. The van der Waals surface area contributed by atoms with Gasteiger partial charge in [0.05, 0.1) is 23.3 Å². The van der Waals surface area contributed by atoms with Crippen molar-refractivity contribution in [3.63, 3.8) is 0 Å². The van der Waals surface area contributed by atoms with Gasteiger partial charge in [-0.1, -0.05) is 24.3 Å². The van der Waals surface area contributed by atoms with Crippen LogP contribution in [0.4, 0.5) is 5.95 Å². The molecule has 1 N–H and O–H groups in total. The highest BCUT2D eigenvalue weighted by Gasteiger charge is 2.12. The summed E-state index contributed by atoms with van der Waals surface area (Å²) in [7, 11) is 0. The number of aliphatic imine (C=N–C) groups is 1. The zero-order valence-corrected chi connectivity index (χ0v) is 16.2. The number of nitrogens with one attached hydrogen (secondary N) is 1. The summed E-state index contributed by atoms with van der Waals surface area (Å²) in [6.45, 7) is 2.00. The first-order valence-corrected chi connectivity index (χ1v) is 9.44. The molecule has 0 aliphatic heterocycles. The van der Waals surface area contributed by atoms with Gasteiger partial charge in [0.2, 0.25) is 0 Å². The quantitative estimate of drug-likeness (QED) is 0.454. The first-order chi connectivity index (χ1) is 14.8. The van der Waals surface area contributed by atoms with E-state index in [4.69, 9.17) is 0 Å². The third-order valence-corrected chi connectivity index (χ3v) is 4.68. The van der Waals surface area contributed by atoms with Crippen LogP contribution in [0.15, 0.2) is 78.6 Å². The number of aromatic amines is 1. The summed E-state index contributed by atoms with van der Waals surface area (Å²) in [5.41, 5.74) is 6.13. The van der Waals surface area contributed by atoms with Crippen molar-refractivity contribution in [2.75, 3.05) is 0 Å². The molecule has 0 unspecified atom stereocenters. The van der Waals surface area contributed by atoms with Gasteiger partial charge in [-0.25, -0.2) is 24.9 Å². The number of fused-ring (bicyclic) bond motifs is 1. The molecular formula is C23H17N7. The van der Waals surface area contributed by atoms with Crippen LogP contribution in [-0.4, -0.2) is 36.1 Å². The van der Waals surface area contributed by atoms with Gasteiger partial charge >= 0.3 is 0 Å². The highest BCUT2D eigenvalue weighted by atomic mass is 15.0. The largest absolute Gasteiger partial charge is 0.360 e. The molecule has 30 heavy (non-hydrogen) atoms. The Balaban J connectivity index is 1.63. The van der Waals surface area contributed by atoms with E-state index < -0.39 is 0 Å². The van der Waals surface area contributed by atoms with Gasteiger partial charge in [0.15, 0.2) is 0 Å². The highest BCUT2D eigenvalue weighted by molar-refractivity contribution is 5.95. The average molecular weight is 391 g/mol. The molecule has 0 fully saturated rings. The van der Waals surface area contributed by atoms with Gasteiger partial charge in [-0.3, -0.25) is 4.98 Å². The number of H-pyrrole nitrogens is 1. The minimum Gasteiger partial charge on any atom is -0.360 e. The van der Waals surface area contributed by atoms with Crippen molar-refractivity contribution in [3.8, 4) is 22.5 Å². The van der Waals surface area contributed by atoms with E-state index in [1.807, 2.05) is 49.5 Å². The molecule has 0 saturated heterocycles. The van der Waals surface area contributed by atoms with E-state index in [0.717, 1.165) is 39.0 Å². The predicted octanol–water partition coefficient (Wildman–Crippen LogP) is 4.54. The van der Waals surface area contributed by atoms with Crippen LogP contribution >= 0.6 is 0 Å². The predicted molar refractivity (Wildman–Crippen MR) is 117 cm³/mol. The molecule has 0 amide bonds. The molecule has 144 valence electrons. The number of rotatable bonds is 4. The van der Waals surface area contributed by atoms with E-state index in [2.05, 4.69) is 41.0 Å². The van der Waals surface area contributed by atoms with Crippen LogP contribution in [-0.2, 0) is 0 Å². The molecule has 1 aromatic carbocycles. The molecular weight excluding hydrogens is 374 g/mol. The number of nitrogens with zero attached hydrogens (tertiary/aromatic N) is 6. The molecule has 0 saturated carbocycles. The fourth-order valence-corrected chi connectivity index (χ4v) is 3.17. The Hall–Kier alpha value is -4.26. The third-order valence-electron chi connectivity index (χ3n) is 4.68. The molecule has 5 rings (SSSR count). The van der Waals surface area contributed by atoms with Crippen LogP contribution in [0.3, 0.4) is 0 Å². The average Bonchev–Trinajstić information content (AvgIpc) is 3.23. The van der Waals surface area contributed by atoms with Gasteiger partial charge in [0, 0.05) is 46.8 Å². The van der Waals surface area contributed by atoms with E-state index in [1.165, 1.54) is 6.33 Å². The number of aromatic nitrogens is 6. The zero-order chi connectivity index (χ0) is 20.3. The van der Waals surface area contributed by atoms with Crippen molar-refractivity contribution in [2.45, 2.75) is 6.92 Å². The molecule has 0 spiro atoms. The summed E-state index contributed by atoms with van der Waals surface area (Å²) in [6, 6.07) is 13.9. The van der Waals surface area contributed by atoms with Crippen molar-refractivity contribution in [1.82, 2.24) is 29.9 Å². The monoisotopic (exact) mass is 391 g/mol. The molecule has 7 nitrogen and oxygen atoms in total. The summed E-state index contributed by atoms with van der Waals surface area (Å²) in [6.07, 6.45) is 10.4. The Kier molecular flexibility index (Phi) is 4.53. The summed E-state index contributed by atoms with van der Waals surface area (Å²) in [5, 5.41) is 1.08. The number of aryl methyl sites for hydroxylation is 1. The van der Waals surface area contributed by atoms with Gasteiger partial charge < -0.3 is 4.98 Å². The van der Waals surface area contributed by atoms with Crippen LogP contribution in [0.2, 0.25) is 0 Å². The molecule has 0 radical (unpaired) electrons. The van der Waals surface area contributed by atoms with E-state index in [9.17, 15) is 0 Å². The minimum atomic E-state index is 0.346. The molecule has 4 heterocycles. The second-order valence-electron chi connectivity index (χ2n) is 6.83. The topological polar surface area (TPSA) is 92.6 Å². The second-order valence-corrected chi connectivity index (χ2v) is 6.83. The van der Waals surface area contributed by atoms with Gasteiger partial charge in [0.1, 0.15) is 6.33 Å². The van der Waals surface area contributed by atoms with Gasteiger partial charge in [0.25, 0.3) is 5.95 Å². The zero-order valence-electron chi connectivity index (χ0n) is 16.2. The van der Waals surface area contributed by atoms with Crippen molar-refractivity contribution in [2.24, 2.45) is 4.99 Å². The van der Waals surface area contributed by atoms with Crippen LogP contribution in [0.25, 0.3) is 33.4 Å². The lowest BCUT2D eigenvalue weighted by Gasteiger charge is -2.05. The molecule has 5 aromatic rings. The number of pyridine rings is 1. The first-order valence-electron chi connectivity index (χ1n) is 9.44. The lowest BCUT2D eigenvalue weighted by Crippen LogP contribution is -1.93. The highest BCUT2D eigenvalue weighted by Crippen LogP contribution is 2.30. The van der Waals surface area contributed by atoms with Crippen LogP contribution in [0.1, 0.15) is 11.3 Å². The fourth-order valence-electron chi connectivity index (χ4n) is 3.17. The summed E-state index contributed by atoms with van der Waals surface area (Å²) in [5.74, 6) is 0.346. The normalized spacial score (nSPS) is 11.4. The smallest absolute Gasteiger partial charge is 0.250 e. The van der Waals surface area contributed by atoms with Crippen molar-refractivity contribution >= 4 is 23.1 Å². The van der Waals surface area contributed by atoms with Crippen LogP contribution in [0.5, 0.6) is 0 Å². The molecule has 0 aliphatic carbocycles. The van der Waals surface area contributed by atoms with Crippen molar-refractivity contribution in [1.29, 1.82) is 0 Å². The van der Waals surface area contributed by atoms with Crippen molar-refractivity contribution in [3.05, 3.63) is 84.8 Å². The Labute approximate surface area is 172 Å². The van der Waals surface area contributed by atoms with Gasteiger partial charge in [-0.15, -0.1) is 0 Å². The number of para-hydroxylation sites is 1. The third kappa shape index (κ3) is 3.56.